The number of aromatic amines is 1. The van der Waals surface area contributed by atoms with Crippen LogP contribution in [0.3, 0.4) is 0 Å². The molecule has 2 aromatic rings. The normalized spacial score (nSPS) is 9.92. The van der Waals surface area contributed by atoms with Crippen molar-refractivity contribution in [3.05, 3.63) is 30.0 Å². The average Bonchev–Trinajstić information content (AvgIpc) is 2.50. The maximum absolute atomic E-state index is 8.76. The summed E-state index contributed by atoms with van der Waals surface area (Å²) < 4.78 is 0. The van der Waals surface area contributed by atoms with Gasteiger partial charge < -0.3 is 10.7 Å². The summed E-state index contributed by atoms with van der Waals surface area (Å²) in [5, 5.41) is 9.68. The Hall–Kier alpha value is -1.95. The van der Waals surface area contributed by atoms with Gasteiger partial charge in [-0.15, -0.1) is 0 Å². The predicted molar refractivity (Wildman–Crippen MR) is 47.4 cm³/mol. The molecule has 0 saturated carbocycles. The number of nitriles is 1. The second-order valence-electron chi connectivity index (χ2n) is 2.62. The third-order valence-electron chi connectivity index (χ3n) is 1.81. The molecular weight excluding hydrogens is 150 g/mol. The molecule has 0 aliphatic rings. The SMILES string of the molecule is N#Cc1cc(N)cc2[nH]ccc12. The van der Waals surface area contributed by atoms with E-state index in [0.717, 1.165) is 10.9 Å². The minimum absolute atomic E-state index is 0.612. The summed E-state index contributed by atoms with van der Waals surface area (Å²) in [6, 6.07) is 7.46. The first-order chi connectivity index (χ1) is 5.81. The largest absolute Gasteiger partial charge is 0.399 e. The highest BCUT2D eigenvalue weighted by molar-refractivity contribution is 5.88. The lowest BCUT2D eigenvalue weighted by molar-refractivity contribution is 1.47. The van der Waals surface area contributed by atoms with Crippen LogP contribution in [0.15, 0.2) is 24.4 Å². The van der Waals surface area contributed by atoms with Crippen LogP contribution < -0.4 is 5.73 Å². The van der Waals surface area contributed by atoms with E-state index in [1.807, 2.05) is 12.1 Å². The second kappa shape index (κ2) is 2.28. The van der Waals surface area contributed by atoms with Crippen LogP contribution in [-0.4, -0.2) is 4.98 Å². The molecule has 1 heterocycles. The van der Waals surface area contributed by atoms with Crippen LogP contribution in [0.25, 0.3) is 10.9 Å². The second-order valence-corrected chi connectivity index (χ2v) is 2.62. The summed E-state index contributed by atoms with van der Waals surface area (Å²) in [4.78, 5) is 3.00. The van der Waals surface area contributed by atoms with E-state index in [1.54, 1.807) is 12.3 Å². The van der Waals surface area contributed by atoms with Crippen molar-refractivity contribution in [2.45, 2.75) is 0 Å². The van der Waals surface area contributed by atoms with Crippen LogP contribution in [0.5, 0.6) is 0 Å². The van der Waals surface area contributed by atoms with E-state index in [2.05, 4.69) is 11.1 Å². The van der Waals surface area contributed by atoms with E-state index in [9.17, 15) is 0 Å². The fourth-order valence-electron chi connectivity index (χ4n) is 1.28. The molecule has 1 aromatic carbocycles. The Balaban J connectivity index is 2.91. The minimum atomic E-state index is 0.612. The standard InChI is InChI=1S/C9H7N3/c10-5-6-3-7(11)4-9-8(6)1-2-12-9/h1-4,12H,11H2. The quantitative estimate of drug-likeness (QED) is 0.570. The Labute approximate surface area is 69.4 Å². The third-order valence-corrected chi connectivity index (χ3v) is 1.81. The number of hydrogen-bond donors (Lipinski definition) is 2. The van der Waals surface area contributed by atoms with Crippen molar-refractivity contribution in [3.8, 4) is 6.07 Å². The molecule has 58 valence electrons. The van der Waals surface area contributed by atoms with Crippen LogP contribution in [0.4, 0.5) is 5.69 Å². The number of aromatic nitrogens is 1. The topological polar surface area (TPSA) is 65.6 Å². The Morgan fingerprint density at radius 2 is 2.25 bits per heavy atom. The Morgan fingerprint density at radius 3 is 3.00 bits per heavy atom. The number of fused-ring (bicyclic) bond motifs is 1. The summed E-state index contributed by atoms with van der Waals surface area (Å²) in [6.07, 6.45) is 1.80. The lowest BCUT2D eigenvalue weighted by Gasteiger charge is -1.95. The highest BCUT2D eigenvalue weighted by atomic mass is 14.7. The van der Waals surface area contributed by atoms with Gasteiger partial charge in [-0.3, -0.25) is 0 Å². The Morgan fingerprint density at radius 1 is 1.42 bits per heavy atom. The number of benzene rings is 1. The Bertz CT molecular complexity index is 462. The molecule has 0 radical (unpaired) electrons. The molecule has 0 unspecified atom stereocenters. The maximum atomic E-state index is 8.76. The molecule has 0 bridgehead atoms. The first-order valence-corrected chi connectivity index (χ1v) is 3.58. The van der Waals surface area contributed by atoms with Gasteiger partial charge in [0.1, 0.15) is 0 Å². The number of nitrogens with zero attached hydrogens (tertiary/aromatic N) is 1. The third kappa shape index (κ3) is 0.823. The van der Waals surface area contributed by atoms with E-state index in [0.29, 0.717) is 11.3 Å². The molecular formula is C9H7N3. The van der Waals surface area contributed by atoms with Crippen molar-refractivity contribution in [1.82, 2.24) is 4.98 Å². The first kappa shape index (κ1) is 6.74. The molecule has 2 rings (SSSR count). The van der Waals surface area contributed by atoms with E-state index in [1.165, 1.54) is 0 Å². The van der Waals surface area contributed by atoms with Crippen LogP contribution >= 0.6 is 0 Å². The van der Waals surface area contributed by atoms with Gasteiger partial charge in [0.05, 0.1) is 11.6 Å². The molecule has 3 N–H and O–H groups in total. The summed E-state index contributed by atoms with van der Waals surface area (Å²) in [7, 11) is 0. The smallest absolute Gasteiger partial charge is 0.0999 e. The number of nitrogen functional groups attached to an aromatic ring is 1. The van der Waals surface area contributed by atoms with Crippen molar-refractivity contribution >= 4 is 16.6 Å². The number of rotatable bonds is 0. The van der Waals surface area contributed by atoms with Gasteiger partial charge in [-0.2, -0.15) is 5.26 Å². The van der Waals surface area contributed by atoms with Gasteiger partial charge in [0, 0.05) is 22.8 Å². The number of H-pyrrole nitrogens is 1. The maximum Gasteiger partial charge on any atom is 0.0999 e. The number of hydrogen-bond acceptors (Lipinski definition) is 2. The lowest BCUT2D eigenvalue weighted by Crippen LogP contribution is -1.86. The molecule has 3 nitrogen and oxygen atoms in total. The molecule has 3 heteroatoms. The van der Waals surface area contributed by atoms with Gasteiger partial charge in [0.25, 0.3) is 0 Å². The average molecular weight is 157 g/mol. The molecule has 0 aliphatic heterocycles. The van der Waals surface area contributed by atoms with Crippen LogP contribution in [-0.2, 0) is 0 Å². The highest BCUT2D eigenvalue weighted by Gasteiger charge is 2.01. The molecule has 1 aromatic heterocycles. The van der Waals surface area contributed by atoms with Crippen molar-refractivity contribution in [3.63, 3.8) is 0 Å². The Kier molecular flexibility index (Phi) is 1.28. The van der Waals surface area contributed by atoms with E-state index in [-0.39, 0.29) is 0 Å². The summed E-state index contributed by atoms with van der Waals surface area (Å²) >= 11 is 0. The zero-order chi connectivity index (χ0) is 8.55. The fraction of sp³-hybridized carbons (Fsp3) is 0. The van der Waals surface area contributed by atoms with E-state index < -0.39 is 0 Å². The van der Waals surface area contributed by atoms with Gasteiger partial charge >= 0.3 is 0 Å². The molecule has 0 fully saturated rings. The van der Waals surface area contributed by atoms with E-state index >= 15 is 0 Å². The molecule has 0 atom stereocenters. The van der Waals surface area contributed by atoms with Crippen LogP contribution in [0.2, 0.25) is 0 Å². The van der Waals surface area contributed by atoms with E-state index in [4.69, 9.17) is 11.0 Å². The highest BCUT2D eigenvalue weighted by Crippen LogP contribution is 2.20. The van der Waals surface area contributed by atoms with Crippen molar-refractivity contribution in [2.75, 3.05) is 5.73 Å². The zero-order valence-corrected chi connectivity index (χ0v) is 6.33. The first-order valence-electron chi connectivity index (χ1n) is 3.58. The molecule has 0 saturated heterocycles. The van der Waals surface area contributed by atoms with Gasteiger partial charge in [0.15, 0.2) is 0 Å². The van der Waals surface area contributed by atoms with Gasteiger partial charge in [-0.25, -0.2) is 0 Å². The van der Waals surface area contributed by atoms with Crippen molar-refractivity contribution in [1.29, 1.82) is 5.26 Å². The predicted octanol–water partition coefficient (Wildman–Crippen LogP) is 1.62. The number of nitrogens with two attached hydrogens (primary N) is 1. The summed E-state index contributed by atoms with van der Waals surface area (Å²) in [6.45, 7) is 0. The number of nitrogens with one attached hydrogen (secondary N) is 1. The van der Waals surface area contributed by atoms with Crippen molar-refractivity contribution in [2.24, 2.45) is 0 Å². The van der Waals surface area contributed by atoms with Gasteiger partial charge in [-0.05, 0) is 18.2 Å². The fourth-order valence-corrected chi connectivity index (χ4v) is 1.28. The lowest BCUT2D eigenvalue weighted by atomic mass is 10.1. The molecule has 12 heavy (non-hydrogen) atoms. The zero-order valence-electron chi connectivity index (χ0n) is 6.33. The minimum Gasteiger partial charge on any atom is -0.399 e. The monoisotopic (exact) mass is 157 g/mol. The molecule has 0 aliphatic carbocycles. The summed E-state index contributed by atoms with van der Waals surface area (Å²) in [5.41, 5.74) is 7.73. The molecule has 0 spiro atoms. The summed E-state index contributed by atoms with van der Waals surface area (Å²) in [5.74, 6) is 0. The van der Waals surface area contributed by atoms with Gasteiger partial charge in [-0.1, -0.05) is 0 Å². The van der Waals surface area contributed by atoms with Crippen molar-refractivity contribution < 1.29 is 0 Å². The number of anilines is 1. The van der Waals surface area contributed by atoms with Crippen LogP contribution in [0, 0.1) is 11.3 Å². The molecule has 0 amide bonds. The van der Waals surface area contributed by atoms with Crippen LogP contribution in [0.1, 0.15) is 5.56 Å². The van der Waals surface area contributed by atoms with Gasteiger partial charge in [0.2, 0.25) is 0 Å².